The van der Waals surface area contributed by atoms with Crippen LogP contribution in [0.4, 0.5) is 4.79 Å². The van der Waals surface area contributed by atoms with Crippen molar-refractivity contribution in [3.8, 4) is 5.69 Å². The monoisotopic (exact) mass is 329 g/mol. The van der Waals surface area contributed by atoms with Gasteiger partial charge in [0.05, 0.1) is 0 Å². The standard InChI is InChI=1S/C17H16ClN3O2/c1-9-7-12(8-14-16(22)20-17(23)19-14)11(3)21(9)15-6-4-5-13(18)10(15)2/h4-8H,1-3H3,(H2,19,20,22,23). The van der Waals surface area contributed by atoms with E-state index in [-0.39, 0.29) is 5.70 Å². The molecule has 0 radical (unpaired) electrons. The summed E-state index contributed by atoms with van der Waals surface area (Å²) in [6, 6.07) is 7.24. The van der Waals surface area contributed by atoms with Gasteiger partial charge in [-0.2, -0.15) is 0 Å². The highest BCUT2D eigenvalue weighted by molar-refractivity contribution is 6.31. The third-order valence-electron chi connectivity index (χ3n) is 3.97. The molecule has 6 heteroatoms. The molecule has 1 aromatic heterocycles. The molecule has 118 valence electrons. The lowest BCUT2D eigenvalue weighted by Crippen LogP contribution is -2.22. The van der Waals surface area contributed by atoms with Gasteiger partial charge in [0.25, 0.3) is 5.91 Å². The van der Waals surface area contributed by atoms with Crippen LogP contribution < -0.4 is 10.6 Å². The van der Waals surface area contributed by atoms with Crippen LogP contribution in [0.15, 0.2) is 30.0 Å². The van der Waals surface area contributed by atoms with Crippen molar-refractivity contribution in [1.29, 1.82) is 0 Å². The number of nitrogens with one attached hydrogen (secondary N) is 2. The predicted octanol–water partition coefficient (Wildman–Crippen LogP) is 3.24. The highest BCUT2D eigenvalue weighted by Crippen LogP contribution is 2.28. The first-order valence-electron chi connectivity index (χ1n) is 7.17. The van der Waals surface area contributed by atoms with Crippen molar-refractivity contribution in [3.05, 3.63) is 57.5 Å². The first-order valence-corrected chi connectivity index (χ1v) is 7.54. The number of benzene rings is 1. The third-order valence-corrected chi connectivity index (χ3v) is 4.38. The lowest BCUT2D eigenvalue weighted by atomic mass is 10.2. The van der Waals surface area contributed by atoms with Gasteiger partial charge in [-0.1, -0.05) is 17.7 Å². The Morgan fingerprint density at radius 3 is 2.52 bits per heavy atom. The van der Waals surface area contributed by atoms with Gasteiger partial charge in [-0.3, -0.25) is 10.1 Å². The van der Waals surface area contributed by atoms with Crippen LogP contribution >= 0.6 is 11.6 Å². The minimum Gasteiger partial charge on any atom is -0.318 e. The molecule has 0 saturated carbocycles. The van der Waals surface area contributed by atoms with Crippen LogP contribution in [0.2, 0.25) is 5.02 Å². The zero-order chi connectivity index (χ0) is 16.7. The molecule has 1 saturated heterocycles. The van der Waals surface area contributed by atoms with Crippen molar-refractivity contribution in [2.24, 2.45) is 0 Å². The number of imide groups is 1. The van der Waals surface area contributed by atoms with Gasteiger partial charge in [0, 0.05) is 22.1 Å². The quantitative estimate of drug-likeness (QED) is 0.656. The van der Waals surface area contributed by atoms with E-state index in [1.165, 1.54) is 0 Å². The number of rotatable bonds is 2. The number of halogens is 1. The lowest BCUT2D eigenvalue weighted by Gasteiger charge is -2.13. The molecule has 0 atom stereocenters. The van der Waals surface area contributed by atoms with Crippen LogP contribution in [0.25, 0.3) is 11.8 Å². The van der Waals surface area contributed by atoms with Crippen LogP contribution in [-0.2, 0) is 4.79 Å². The largest absolute Gasteiger partial charge is 0.326 e. The van der Waals surface area contributed by atoms with Gasteiger partial charge in [-0.05, 0) is 56.2 Å². The molecule has 3 rings (SSSR count). The van der Waals surface area contributed by atoms with Crippen LogP contribution in [0.3, 0.4) is 0 Å². The summed E-state index contributed by atoms with van der Waals surface area (Å²) in [4.78, 5) is 22.9. The summed E-state index contributed by atoms with van der Waals surface area (Å²) in [5.41, 5.74) is 5.09. The number of urea groups is 1. The molecule has 0 unspecified atom stereocenters. The van der Waals surface area contributed by atoms with Gasteiger partial charge in [0.15, 0.2) is 0 Å². The van der Waals surface area contributed by atoms with Crippen LogP contribution in [-0.4, -0.2) is 16.5 Å². The molecule has 0 aliphatic carbocycles. The van der Waals surface area contributed by atoms with E-state index in [0.29, 0.717) is 5.02 Å². The highest BCUT2D eigenvalue weighted by Gasteiger charge is 2.23. The molecule has 2 N–H and O–H groups in total. The van der Waals surface area contributed by atoms with Gasteiger partial charge in [-0.15, -0.1) is 0 Å². The number of nitrogens with zero attached hydrogens (tertiary/aromatic N) is 1. The average molecular weight is 330 g/mol. The van der Waals surface area contributed by atoms with E-state index >= 15 is 0 Å². The summed E-state index contributed by atoms with van der Waals surface area (Å²) < 4.78 is 2.09. The second kappa shape index (κ2) is 5.59. The van der Waals surface area contributed by atoms with Gasteiger partial charge in [0.1, 0.15) is 5.70 Å². The average Bonchev–Trinajstić information content (AvgIpc) is 2.94. The Morgan fingerprint density at radius 1 is 1.13 bits per heavy atom. The fourth-order valence-corrected chi connectivity index (χ4v) is 2.95. The lowest BCUT2D eigenvalue weighted by molar-refractivity contribution is -0.115. The van der Waals surface area contributed by atoms with E-state index in [9.17, 15) is 9.59 Å². The SMILES string of the molecule is Cc1c(Cl)cccc1-n1c(C)cc(C=C2NC(=O)NC2=O)c1C. The second-order valence-electron chi connectivity index (χ2n) is 5.51. The summed E-state index contributed by atoms with van der Waals surface area (Å²) in [5, 5.41) is 5.40. The molecule has 1 aromatic carbocycles. The smallest absolute Gasteiger partial charge is 0.318 e. The Bertz CT molecular complexity index is 865. The number of hydrogen-bond acceptors (Lipinski definition) is 2. The Kier molecular flexibility index (Phi) is 3.74. The predicted molar refractivity (Wildman–Crippen MR) is 89.6 cm³/mol. The molecule has 1 aliphatic rings. The maximum atomic E-state index is 11.7. The summed E-state index contributed by atoms with van der Waals surface area (Å²) in [7, 11) is 0. The summed E-state index contributed by atoms with van der Waals surface area (Å²) >= 11 is 6.22. The third kappa shape index (κ3) is 2.64. The van der Waals surface area contributed by atoms with Gasteiger partial charge in [-0.25, -0.2) is 4.79 Å². The number of hydrogen-bond donors (Lipinski definition) is 2. The van der Waals surface area contributed by atoms with Crippen LogP contribution in [0, 0.1) is 20.8 Å². The molecule has 2 heterocycles. The molecule has 1 aliphatic heterocycles. The number of aryl methyl sites for hydroxylation is 1. The molecular formula is C17H16ClN3O2. The van der Waals surface area contributed by atoms with Gasteiger partial charge < -0.3 is 9.88 Å². The fraction of sp³-hybridized carbons (Fsp3) is 0.176. The molecule has 3 amide bonds. The zero-order valence-corrected chi connectivity index (χ0v) is 13.8. The van der Waals surface area contributed by atoms with E-state index < -0.39 is 11.9 Å². The number of aromatic nitrogens is 1. The summed E-state index contributed by atoms with van der Waals surface area (Å²) in [5.74, 6) is -0.418. The maximum Gasteiger partial charge on any atom is 0.326 e. The Hall–Kier alpha value is -2.53. The molecule has 0 bridgehead atoms. The van der Waals surface area contributed by atoms with Gasteiger partial charge in [0.2, 0.25) is 0 Å². The van der Waals surface area contributed by atoms with Crippen molar-refractivity contribution < 1.29 is 9.59 Å². The topological polar surface area (TPSA) is 63.1 Å². The molecule has 1 fully saturated rings. The van der Waals surface area contributed by atoms with Crippen molar-refractivity contribution in [1.82, 2.24) is 15.2 Å². The fourth-order valence-electron chi connectivity index (χ4n) is 2.78. The molecule has 2 aromatic rings. The minimum atomic E-state index is -0.499. The van der Waals surface area contributed by atoms with Crippen molar-refractivity contribution in [2.75, 3.05) is 0 Å². The van der Waals surface area contributed by atoms with Crippen molar-refractivity contribution in [2.45, 2.75) is 20.8 Å². The number of amides is 3. The number of carbonyl (C=O) groups is 2. The Labute approximate surface area is 138 Å². The number of carbonyl (C=O) groups excluding carboxylic acids is 2. The van der Waals surface area contributed by atoms with Crippen LogP contribution in [0.1, 0.15) is 22.5 Å². The Balaban J connectivity index is 2.11. The minimum absolute atomic E-state index is 0.248. The molecule has 0 spiro atoms. The van der Waals surface area contributed by atoms with Crippen molar-refractivity contribution >= 4 is 29.6 Å². The Morgan fingerprint density at radius 2 is 1.87 bits per heavy atom. The van der Waals surface area contributed by atoms with E-state index in [2.05, 4.69) is 15.2 Å². The summed E-state index contributed by atoms with van der Waals surface area (Å²) in [6.07, 6.45) is 1.68. The molecular weight excluding hydrogens is 314 g/mol. The van der Waals surface area contributed by atoms with Crippen LogP contribution in [0.5, 0.6) is 0 Å². The van der Waals surface area contributed by atoms with E-state index in [1.54, 1.807) is 6.08 Å². The van der Waals surface area contributed by atoms with Crippen molar-refractivity contribution in [3.63, 3.8) is 0 Å². The van der Waals surface area contributed by atoms with E-state index in [4.69, 9.17) is 11.6 Å². The summed E-state index contributed by atoms with van der Waals surface area (Å²) in [6.45, 7) is 5.93. The zero-order valence-electron chi connectivity index (χ0n) is 13.0. The van der Waals surface area contributed by atoms with Gasteiger partial charge >= 0.3 is 6.03 Å². The van der Waals surface area contributed by atoms with E-state index in [0.717, 1.165) is 28.2 Å². The highest BCUT2D eigenvalue weighted by atomic mass is 35.5. The normalized spacial score (nSPS) is 15.9. The maximum absolute atomic E-state index is 11.7. The first-order chi connectivity index (χ1) is 10.9. The molecule has 5 nitrogen and oxygen atoms in total. The second-order valence-corrected chi connectivity index (χ2v) is 5.92. The first kappa shape index (κ1) is 15.4. The molecule has 23 heavy (non-hydrogen) atoms. The van der Waals surface area contributed by atoms with E-state index in [1.807, 2.05) is 45.0 Å².